The molecule has 0 heterocycles. The molecule has 15 heavy (non-hydrogen) atoms. The summed E-state index contributed by atoms with van der Waals surface area (Å²) in [6, 6.07) is 0. The van der Waals surface area contributed by atoms with Gasteiger partial charge in [0.1, 0.15) is 0 Å². The SMILES string of the molecule is C=C/C=C(\C=C)C(C)(C)C1CCCCC1. The van der Waals surface area contributed by atoms with Crippen molar-refractivity contribution in [3.8, 4) is 0 Å². The summed E-state index contributed by atoms with van der Waals surface area (Å²) in [5.41, 5.74) is 1.60. The van der Waals surface area contributed by atoms with Gasteiger partial charge in [-0.05, 0) is 29.7 Å². The van der Waals surface area contributed by atoms with E-state index in [0.29, 0.717) is 0 Å². The highest BCUT2D eigenvalue weighted by Crippen LogP contribution is 2.43. The van der Waals surface area contributed by atoms with Crippen LogP contribution in [0.5, 0.6) is 0 Å². The van der Waals surface area contributed by atoms with Crippen molar-refractivity contribution in [3.63, 3.8) is 0 Å². The Kier molecular flexibility index (Phi) is 4.38. The summed E-state index contributed by atoms with van der Waals surface area (Å²) >= 11 is 0. The fourth-order valence-corrected chi connectivity index (χ4v) is 2.73. The quantitative estimate of drug-likeness (QED) is 0.572. The van der Waals surface area contributed by atoms with Crippen molar-refractivity contribution in [2.45, 2.75) is 46.0 Å². The second-order valence-electron chi connectivity index (χ2n) is 5.12. The maximum atomic E-state index is 3.92. The summed E-state index contributed by atoms with van der Waals surface area (Å²) in [6.07, 6.45) is 12.9. The molecule has 0 heteroatoms. The van der Waals surface area contributed by atoms with E-state index < -0.39 is 0 Å². The van der Waals surface area contributed by atoms with Crippen molar-refractivity contribution in [3.05, 3.63) is 37.0 Å². The molecule has 0 nitrogen and oxygen atoms in total. The van der Waals surface area contributed by atoms with Crippen LogP contribution in [0.25, 0.3) is 0 Å². The molecular weight excluding hydrogens is 180 g/mol. The Morgan fingerprint density at radius 2 is 1.73 bits per heavy atom. The third kappa shape index (κ3) is 2.84. The molecule has 0 atom stereocenters. The summed E-state index contributed by atoms with van der Waals surface area (Å²) in [5, 5.41) is 0. The molecule has 1 aliphatic rings. The molecule has 0 bridgehead atoms. The Hall–Kier alpha value is -0.780. The lowest BCUT2D eigenvalue weighted by atomic mass is 9.67. The molecule has 1 saturated carbocycles. The largest absolute Gasteiger partial charge is 0.0991 e. The molecule has 0 spiro atoms. The summed E-state index contributed by atoms with van der Waals surface area (Å²) < 4.78 is 0. The van der Waals surface area contributed by atoms with E-state index in [-0.39, 0.29) is 5.41 Å². The van der Waals surface area contributed by atoms with Gasteiger partial charge in [-0.3, -0.25) is 0 Å². The predicted molar refractivity (Wildman–Crippen MR) is 68.8 cm³/mol. The van der Waals surface area contributed by atoms with Gasteiger partial charge in [-0.1, -0.05) is 64.5 Å². The van der Waals surface area contributed by atoms with E-state index in [9.17, 15) is 0 Å². The minimum absolute atomic E-state index is 0.260. The van der Waals surface area contributed by atoms with Crippen molar-refractivity contribution < 1.29 is 0 Å². The highest BCUT2D eigenvalue weighted by molar-refractivity contribution is 5.28. The number of allylic oxidation sites excluding steroid dienone is 4. The molecule has 0 aromatic rings. The Balaban J connectivity index is 2.82. The Morgan fingerprint density at radius 1 is 1.13 bits per heavy atom. The van der Waals surface area contributed by atoms with Crippen LogP contribution in [0, 0.1) is 11.3 Å². The van der Waals surface area contributed by atoms with Crippen molar-refractivity contribution in [1.82, 2.24) is 0 Å². The van der Waals surface area contributed by atoms with Gasteiger partial charge in [0.2, 0.25) is 0 Å². The van der Waals surface area contributed by atoms with Gasteiger partial charge in [0.15, 0.2) is 0 Å². The maximum Gasteiger partial charge on any atom is -0.00755 e. The minimum atomic E-state index is 0.260. The fraction of sp³-hybridized carbons (Fsp3) is 0.600. The first-order valence-corrected chi connectivity index (χ1v) is 6.08. The molecule has 0 N–H and O–H groups in total. The lowest BCUT2D eigenvalue weighted by Crippen LogP contribution is -2.27. The second-order valence-corrected chi connectivity index (χ2v) is 5.12. The Morgan fingerprint density at radius 3 is 2.20 bits per heavy atom. The Bertz CT molecular complexity index is 249. The molecule has 0 aromatic heterocycles. The fourth-order valence-electron chi connectivity index (χ4n) is 2.73. The van der Waals surface area contributed by atoms with Crippen LogP contribution >= 0.6 is 0 Å². The van der Waals surface area contributed by atoms with Crippen molar-refractivity contribution >= 4 is 0 Å². The van der Waals surface area contributed by atoms with Crippen LogP contribution in [0.15, 0.2) is 37.0 Å². The monoisotopic (exact) mass is 204 g/mol. The zero-order valence-corrected chi connectivity index (χ0v) is 10.3. The van der Waals surface area contributed by atoms with Crippen LogP contribution in [-0.2, 0) is 0 Å². The first-order chi connectivity index (χ1) is 7.12. The molecule has 0 radical (unpaired) electrons. The van der Waals surface area contributed by atoms with Gasteiger partial charge < -0.3 is 0 Å². The van der Waals surface area contributed by atoms with Crippen LogP contribution in [-0.4, -0.2) is 0 Å². The first-order valence-electron chi connectivity index (χ1n) is 6.08. The zero-order valence-electron chi connectivity index (χ0n) is 10.3. The summed E-state index contributed by atoms with van der Waals surface area (Å²) in [4.78, 5) is 0. The van der Waals surface area contributed by atoms with E-state index in [2.05, 4.69) is 33.1 Å². The second kappa shape index (κ2) is 5.34. The normalized spacial score (nSPS) is 20.0. The summed E-state index contributed by atoms with van der Waals surface area (Å²) in [5.74, 6) is 0.815. The van der Waals surface area contributed by atoms with Gasteiger partial charge >= 0.3 is 0 Å². The van der Waals surface area contributed by atoms with Crippen LogP contribution in [0.2, 0.25) is 0 Å². The molecule has 0 unspecified atom stereocenters. The average Bonchev–Trinajstić information content (AvgIpc) is 2.27. The number of hydrogen-bond acceptors (Lipinski definition) is 0. The molecule has 0 amide bonds. The molecule has 1 fully saturated rings. The standard InChI is InChI=1S/C15H24/c1-5-10-13(6-2)15(3,4)14-11-8-7-9-12-14/h5-6,10,14H,1-2,7-9,11-12H2,3-4H3/b13-10+. The lowest BCUT2D eigenvalue weighted by Gasteiger charge is -2.38. The third-order valence-electron chi connectivity index (χ3n) is 3.89. The minimum Gasteiger partial charge on any atom is -0.0991 e. The molecule has 1 aliphatic carbocycles. The van der Waals surface area contributed by atoms with Crippen LogP contribution in [0.3, 0.4) is 0 Å². The smallest absolute Gasteiger partial charge is 0.00755 e. The maximum absolute atomic E-state index is 3.92. The first kappa shape index (κ1) is 12.3. The molecule has 0 aromatic carbocycles. The van der Waals surface area contributed by atoms with Gasteiger partial charge in [-0.2, -0.15) is 0 Å². The highest BCUT2D eigenvalue weighted by Gasteiger charge is 2.32. The van der Waals surface area contributed by atoms with Crippen LogP contribution < -0.4 is 0 Å². The third-order valence-corrected chi connectivity index (χ3v) is 3.89. The molecule has 0 saturated heterocycles. The van der Waals surface area contributed by atoms with E-state index in [1.807, 2.05) is 12.2 Å². The molecule has 84 valence electrons. The van der Waals surface area contributed by atoms with Gasteiger partial charge in [0.05, 0.1) is 0 Å². The van der Waals surface area contributed by atoms with Gasteiger partial charge in [-0.15, -0.1) is 0 Å². The van der Waals surface area contributed by atoms with E-state index in [1.54, 1.807) is 0 Å². The van der Waals surface area contributed by atoms with Gasteiger partial charge in [0.25, 0.3) is 0 Å². The summed E-state index contributed by atoms with van der Waals surface area (Å²) in [6.45, 7) is 12.4. The Labute approximate surface area is 94.8 Å². The number of hydrogen-bond donors (Lipinski definition) is 0. The van der Waals surface area contributed by atoms with E-state index in [1.165, 1.54) is 37.7 Å². The van der Waals surface area contributed by atoms with Crippen molar-refractivity contribution in [1.29, 1.82) is 0 Å². The number of rotatable bonds is 4. The van der Waals surface area contributed by atoms with E-state index in [0.717, 1.165) is 5.92 Å². The van der Waals surface area contributed by atoms with Gasteiger partial charge in [-0.25, -0.2) is 0 Å². The topological polar surface area (TPSA) is 0 Å². The lowest BCUT2D eigenvalue weighted by molar-refractivity contribution is 0.201. The van der Waals surface area contributed by atoms with Crippen molar-refractivity contribution in [2.75, 3.05) is 0 Å². The van der Waals surface area contributed by atoms with E-state index >= 15 is 0 Å². The van der Waals surface area contributed by atoms with Crippen molar-refractivity contribution in [2.24, 2.45) is 11.3 Å². The molecular formula is C15H24. The highest BCUT2D eigenvalue weighted by atomic mass is 14.4. The van der Waals surface area contributed by atoms with Crippen LogP contribution in [0.4, 0.5) is 0 Å². The summed E-state index contributed by atoms with van der Waals surface area (Å²) in [7, 11) is 0. The van der Waals surface area contributed by atoms with E-state index in [4.69, 9.17) is 0 Å². The molecule has 0 aliphatic heterocycles. The predicted octanol–water partition coefficient (Wildman–Crippen LogP) is 4.89. The zero-order chi connectivity index (χ0) is 11.3. The molecule has 1 rings (SSSR count). The van der Waals surface area contributed by atoms with Crippen LogP contribution in [0.1, 0.15) is 46.0 Å². The van der Waals surface area contributed by atoms with Gasteiger partial charge in [0, 0.05) is 0 Å². The average molecular weight is 204 g/mol.